The highest BCUT2D eigenvalue weighted by atomic mass is 32.2. The van der Waals surface area contributed by atoms with Gasteiger partial charge in [0.15, 0.2) is 0 Å². The number of thioether (sulfide) groups is 1. The molecule has 0 saturated heterocycles. The van der Waals surface area contributed by atoms with E-state index in [1.165, 1.54) is 25.7 Å². The number of hydrogen-bond acceptors (Lipinski definition) is 3. The van der Waals surface area contributed by atoms with Gasteiger partial charge in [0.2, 0.25) is 0 Å². The minimum Gasteiger partial charge on any atom is -0.392 e. The van der Waals surface area contributed by atoms with Crippen LogP contribution in [0.3, 0.4) is 0 Å². The highest BCUT2D eigenvalue weighted by Crippen LogP contribution is 2.28. The Morgan fingerprint density at radius 1 is 1.38 bits per heavy atom. The maximum atomic E-state index is 9.91. The SMILES string of the molecule is CSC(C)(C)CNCC(O)CC1CCCC1. The second kappa shape index (κ2) is 6.87. The van der Waals surface area contributed by atoms with Crippen molar-refractivity contribution in [1.29, 1.82) is 0 Å². The molecule has 96 valence electrons. The molecule has 1 rings (SSSR count). The van der Waals surface area contributed by atoms with Gasteiger partial charge in [0.25, 0.3) is 0 Å². The number of nitrogens with one attached hydrogen (secondary N) is 1. The third kappa shape index (κ3) is 5.55. The summed E-state index contributed by atoms with van der Waals surface area (Å²) in [5.41, 5.74) is 0. The molecule has 1 aliphatic rings. The van der Waals surface area contributed by atoms with E-state index in [2.05, 4.69) is 25.4 Å². The van der Waals surface area contributed by atoms with E-state index in [9.17, 15) is 5.11 Å². The van der Waals surface area contributed by atoms with E-state index in [1.54, 1.807) is 0 Å². The predicted octanol–water partition coefficient (Wildman–Crippen LogP) is 2.66. The molecular weight excluding hydrogens is 218 g/mol. The molecule has 0 aromatic heterocycles. The molecule has 16 heavy (non-hydrogen) atoms. The fourth-order valence-electron chi connectivity index (χ4n) is 2.33. The molecule has 0 heterocycles. The molecule has 1 fully saturated rings. The molecule has 1 saturated carbocycles. The number of aliphatic hydroxyl groups is 1. The maximum Gasteiger partial charge on any atom is 0.0667 e. The van der Waals surface area contributed by atoms with Crippen molar-refractivity contribution < 1.29 is 5.11 Å². The molecular formula is C13H27NOS. The highest BCUT2D eigenvalue weighted by molar-refractivity contribution is 7.99. The summed E-state index contributed by atoms with van der Waals surface area (Å²) in [4.78, 5) is 0. The molecule has 3 heteroatoms. The predicted molar refractivity (Wildman–Crippen MR) is 73.0 cm³/mol. The molecule has 0 spiro atoms. The molecule has 0 aliphatic heterocycles. The molecule has 0 aromatic carbocycles. The van der Waals surface area contributed by atoms with E-state index >= 15 is 0 Å². The van der Waals surface area contributed by atoms with Gasteiger partial charge in [0, 0.05) is 17.8 Å². The molecule has 0 radical (unpaired) electrons. The fourth-order valence-corrected chi connectivity index (χ4v) is 2.57. The summed E-state index contributed by atoms with van der Waals surface area (Å²) in [6, 6.07) is 0. The van der Waals surface area contributed by atoms with Gasteiger partial charge >= 0.3 is 0 Å². The van der Waals surface area contributed by atoms with Gasteiger partial charge in [-0.2, -0.15) is 11.8 Å². The second-order valence-electron chi connectivity index (χ2n) is 5.63. The van der Waals surface area contributed by atoms with Crippen LogP contribution in [0.1, 0.15) is 46.0 Å². The highest BCUT2D eigenvalue weighted by Gasteiger charge is 2.20. The van der Waals surface area contributed by atoms with Crippen molar-refractivity contribution in [2.45, 2.75) is 56.8 Å². The van der Waals surface area contributed by atoms with Crippen LogP contribution in [0.5, 0.6) is 0 Å². The van der Waals surface area contributed by atoms with Gasteiger partial charge < -0.3 is 10.4 Å². The Morgan fingerprint density at radius 2 is 2.00 bits per heavy atom. The van der Waals surface area contributed by atoms with Crippen LogP contribution in [-0.4, -0.2) is 35.3 Å². The standard InChI is InChI=1S/C13H27NOS/c1-13(2,16-3)10-14-9-12(15)8-11-6-4-5-7-11/h11-12,14-15H,4-10H2,1-3H3. The van der Waals surface area contributed by atoms with Crippen LogP contribution >= 0.6 is 11.8 Å². The molecule has 0 aromatic rings. The fraction of sp³-hybridized carbons (Fsp3) is 1.00. The van der Waals surface area contributed by atoms with Crippen molar-refractivity contribution in [3.05, 3.63) is 0 Å². The van der Waals surface area contributed by atoms with Gasteiger partial charge in [-0.25, -0.2) is 0 Å². The summed E-state index contributed by atoms with van der Waals surface area (Å²) < 4.78 is 0.271. The van der Waals surface area contributed by atoms with Crippen molar-refractivity contribution in [3.63, 3.8) is 0 Å². The summed E-state index contributed by atoms with van der Waals surface area (Å²) in [6.45, 7) is 6.18. The topological polar surface area (TPSA) is 32.3 Å². The van der Waals surface area contributed by atoms with E-state index in [0.717, 1.165) is 25.4 Å². The first-order valence-electron chi connectivity index (χ1n) is 6.47. The Labute approximate surface area is 105 Å². The average Bonchev–Trinajstić information content (AvgIpc) is 2.70. The maximum absolute atomic E-state index is 9.91. The molecule has 0 amide bonds. The Morgan fingerprint density at radius 3 is 2.56 bits per heavy atom. The van der Waals surface area contributed by atoms with E-state index in [4.69, 9.17) is 0 Å². The average molecular weight is 245 g/mol. The Hall–Kier alpha value is 0.270. The molecule has 1 aliphatic carbocycles. The third-order valence-corrected chi connectivity index (χ3v) is 4.81. The molecule has 2 N–H and O–H groups in total. The van der Waals surface area contributed by atoms with Crippen molar-refractivity contribution in [3.8, 4) is 0 Å². The molecule has 2 nitrogen and oxygen atoms in total. The number of rotatable bonds is 7. The van der Waals surface area contributed by atoms with Gasteiger partial charge in [0.05, 0.1) is 6.10 Å². The van der Waals surface area contributed by atoms with Gasteiger partial charge in [-0.1, -0.05) is 25.7 Å². The van der Waals surface area contributed by atoms with Crippen molar-refractivity contribution in [2.75, 3.05) is 19.3 Å². The van der Waals surface area contributed by atoms with Crippen LogP contribution in [0.2, 0.25) is 0 Å². The van der Waals surface area contributed by atoms with Crippen LogP contribution < -0.4 is 5.32 Å². The quantitative estimate of drug-likeness (QED) is 0.723. The van der Waals surface area contributed by atoms with Gasteiger partial charge in [-0.05, 0) is 32.4 Å². The van der Waals surface area contributed by atoms with Gasteiger partial charge in [0.1, 0.15) is 0 Å². The number of aliphatic hydroxyl groups excluding tert-OH is 1. The van der Waals surface area contributed by atoms with Crippen molar-refractivity contribution in [2.24, 2.45) is 5.92 Å². The Kier molecular flexibility index (Phi) is 6.16. The summed E-state index contributed by atoms with van der Waals surface area (Å²) in [6.07, 6.45) is 8.36. The van der Waals surface area contributed by atoms with Crippen LogP contribution in [0.4, 0.5) is 0 Å². The first-order valence-corrected chi connectivity index (χ1v) is 7.70. The summed E-state index contributed by atoms with van der Waals surface area (Å²) in [5, 5.41) is 13.3. The van der Waals surface area contributed by atoms with Gasteiger partial charge in [-0.3, -0.25) is 0 Å². The lowest BCUT2D eigenvalue weighted by Crippen LogP contribution is -2.37. The van der Waals surface area contributed by atoms with Crippen molar-refractivity contribution >= 4 is 11.8 Å². The third-order valence-electron chi connectivity index (χ3n) is 3.56. The lowest BCUT2D eigenvalue weighted by atomic mass is 10.00. The zero-order valence-electron chi connectivity index (χ0n) is 11.0. The number of hydrogen-bond donors (Lipinski definition) is 2. The van der Waals surface area contributed by atoms with Crippen LogP contribution in [0.15, 0.2) is 0 Å². The van der Waals surface area contributed by atoms with Crippen LogP contribution in [0, 0.1) is 5.92 Å². The minimum absolute atomic E-state index is 0.152. The van der Waals surface area contributed by atoms with E-state index in [1.807, 2.05) is 11.8 Å². The summed E-state index contributed by atoms with van der Waals surface area (Å²) in [5.74, 6) is 0.783. The van der Waals surface area contributed by atoms with Crippen molar-refractivity contribution in [1.82, 2.24) is 5.32 Å². The Bertz CT molecular complexity index is 190. The van der Waals surface area contributed by atoms with E-state index in [-0.39, 0.29) is 10.9 Å². The molecule has 1 unspecified atom stereocenters. The van der Waals surface area contributed by atoms with Crippen LogP contribution in [0.25, 0.3) is 0 Å². The first kappa shape index (κ1) is 14.3. The zero-order valence-corrected chi connectivity index (χ0v) is 11.8. The van der Waals surface area contributed by atoms with E-state index < -0.39 is 0 Å². The summed E-state index contributed by atoms with van der Waals surface area (Å²) in [7, 11) is 0. The van der Waals surface area contributed by atoms with Gasteiger partial charge in [-0.15, -0.1) is 0 Å². The smallest absolute Gasteiger partial charge is 0.0667 e. The lowest BCUT2D eigenvalue weighted by Gasteiger charge is -2.24. The zero-order chi connectivity index (χ0) is 12.0. The molecule has 1 atom stereocenters. The first-order chi connectivity index (χ1) is 7.53. The lowest BCUT2D eigenvalue weighted by molar-refractivity contribution is 0.140. The summed E-state index contributed by atoms with van der Waals surface area (Å²) >= 11 is 1.87. The monoisotopic (exact) mass is 245 g/mol. The largest absolute Gasteiger partial charge is 0.392 e. The minimum atomic E-state index is -0.152. The van der Waals surface area contributed by atoms with Crippen LogP contribution in [-0.2, 0) is 0 Å². The second-order valence-corrected chi connectivity index (χ2v) is 7.15. The molecule has 0 bridgehead atoms. The van der Waals surface area contributed by atoms with E-state index in [0.29, 0.717) is 0 Å². The Balaban J connectivity index is 2.07. The normalized spacial score (nSPS) is 20.2.